The Morgan fingerprint density at radius 2 is 1.95 bits per heavy atom. The van der Waals surface area contributed by atoms with Gasteiger partial charge in [0.2, 0.25) is 0 Å². The number of benzene rings is 1. The van der Waals surface area contributed by atoms with E-state index >= 15 is 0 Å². The molecule has 6 heteroatoms. The second-order valence-corrected chi connectivity index (χ2v) is 5.12. The summed E-state index contributed by atoms with van der Waals surface area (Å²) in [5, 5.41) is 6.83. The lowest BCUT2D eigenvalue weighted by Crippen LogP contribution is -2.37. The van der Waals surface area contributed by atoms with Gasteiger partial charge in [-0.1, -0.05) is 24.3 Å². The number of aromatic nitrogens is 3. The Hall–Kier alpha value is -1.92. The Bertz CT molecular complexity index is 576. The molecule has 1 aromatic carbocycles. The Balaban J connectivity index is 1.73. The number of morpholine rings is 1. The number of H-pyrrole nitrogens is 1. The summed E-state index contributed by atoms with van der Waals surface area (Å²) >= 11 is 0. The number of hydrogen-bond acceptors (Lipinski definition) is 5. The highest BCUT2D eigenvalue weighted by Gasteiger charge is 2.18. The quantitative estimate of drug-likeness (QED) is 0.930. The van der Waals surface area contributed by atoms with Gasteiger partial charge in [-0.2, -0.15) is 4.98 Å². The van der Waals surface area contributed by atoms with E-state index in [1.165, 1.54) is 5.56 Å². The fraction of sp³-hybridized carbons (Fsp3) is 0.467. The van der Waals surface area contributed by atoms with Crippen molar-refractivity contribution in [3.63, 3.8) is 0 Å². The molecule has 2 aromatic rings. The molecule has 0 unspecified atom stereocenters. The van der Waals surface area contributed by atoms with E-state index in [1.807, 2.05) is 0 Å². The highest BCUT2D eigenvalue weighted by molar-refractivity contribution is 5.55. The zero-order chi connectivity index (χ0) is 14.7. The third kappa shape index (κ3) is 3.06. The second kappa shape index (κ2) is 6.24. The molecule has 0 amide bonds. The molecule has 0 saturated carbocycles. The van der Waals surface area contributed by atoms with E-state index in [0.717, 1.165) is 37.7 Å². The van der Waals surface area contributed by atoms with Gasteiger partial charge in [0, 0.05) is 24.7 Å². The molecule has 0 bridgehead atoms. The van der Waals surface area contributed by atoms with Gasteiger partial charge in [-0.3, -0.25) is 10.00 Å². The van der Waals surface area contributed by atoms with Crippen molar-refractivity contribution < 1.29 is 9.47 Å². The summed E-state index contributed by atoms with van der Waals surface area (Å²) in [7, 11) is 1.56. The lowest BCUT2D eigenvalue weighted by Gasteiger charge is -2.32. The van der Waals surface area contributed by atoms with Crippen LogP contribution in [0.1, 0.15) is 18.5 Å². The second-order valence-electron chi connectivity index (χ2n) is 5.12. The van der Waals surface area contributed by atoms with Gasteiger partial charge in [0.1, 0.15) is 0 Å². The van der Waals surface area contributed by atoms with Crippen LogP contribution in [0, 0.1) is 0 Å². The Kier molecular flexibility index (Phi) is 4.17. The largest absolute Gasteiger partial charge is 0.466 e. The summed E-state index contributed by atoms with van der Waals surface area (Å²) < 4.78 is 10.4. The van der Waals surface area contributed by atoms with Crippen LogP contribution in [-0.4, -0.2) is 53.5 Å². The van der Waals surface area contributed by atoms with Crippen molar-refractivity contribution in [1.29, 1.82) is 0 Å². The average Bonchev–Trinajstić information content (AvgIpc) is 3.04. The minimum absolute atomic E-state index is 0.357. The molecule has 0 aliphatic carbocycles. The fourth-order valence-corrected chi connectivity index (χ4v) is 2.56. The molecule has 1 aliphatic heterocycles. The molecule has 0 spiro atoms. The summed E-state index contributed by atoms with van der Waals surface area (Å²) in [6.45, 7) is 5.85. The first-order valence-corrected chi connectivity index (χ1v) is 7.16. The predicted molar refractivity (Wildman–Crippen MR) is 79.2 cm³/mol. The van der Waals surface area contributed by atoms with Crippen molar-refractivity contribution in [2.45, 2.75) is 13.0 Å². The van der Waals surface area contributed by atoms with Gasteiger partial charge in [0.25, 0.3) is 0 Å². The van der Waals surface area contributed by atoms with E-state index in [4.69, 9.17) is 9.47 Å². The van der Waals surface area contributed by atoms with Crippen molar-refractivity contribution in [2.24, 2.45) is 0 Å². The molecular formula is C15H20N4O2. The van der Waals surface area contributed by atoms with Crippen LogP contribution in [0.2, 0.25) is 0 Å². The molecule has 1 atom stereocenters. The number of methoxy groups -OCH3 is 1. The molecule has 1 saturated heterocycles. The predicted octanol–water partition coefficient (Wildman–Crippen LogP) is 1.87. The molecule has 3 rings (SSSR count). The van der Waals surface area contributed by atoms with E-state index in [0.29, 0.717) is 12.1 Å². The summed E-state index contributed by atoms with van der Waals surface area (Å²) in [5.74, 6) is 0.720. The van der Waals surface area contributed by atoms with Gasteiger partial charge in [-0.25, -0.2) is 0 Å². The van der Waals surface area contributed by atoms with Crippen molar-refractivity contribution in [3.05, 3.63) is 29.8 Å². The smallest absolute Gasteiger partial charge is 0.335 e. The van der Waals surface area contributed by atoms with Crippen LogP contribution in [-0.2, 0) is 4.74 Å². The van der Waals surface area contributed by atoms with E-state index < -0.39 is 0 Å². The zero-order valence-electron chi connectivity index (χ0n) is 12.4. The Morgan fingerprint density at radius 1 is 1.24 bits per heavy atom. The summed E-state index contributed by atoms with van der Waals surface area (Å²) in [4.78, 5) is 6.69. The van der Waals surface area contributed by atoms with Crippen LogP contribution >= 0.6 is 0 Å². The van der Waals surface area contributed by atoms with Crippen molar-refractivity contribution >= 4 is 0 Å². The topological polar surface area (TPSA) is 63.3 Å². The maximum Gasteiger partial charge on any atom is 0.335 e. The van der Waals surface area contributed by atoms with E-state index in [9.17, 15) is 0 Å². The minimum Gasteiger partial charge on any atom is -0.466 e. The molecule has 112 valence electrons. The standard InChI is InChI=1S/C15H20N4O2/c1-11(19-7-9-21-10-8-19)12-3-5-13(6-4-12)14-16-15(20-2)18-17-14/h3-6,11H,7-10H2,1-2H3,(H,16,17,18)/t11-/m1/s1. The van der Waals surface area contributed by atoms with Crippen LogP contribution < -0.4 is 4.74 Å². The summed E-state index contributed by atoms with van der Waals surface area (Å²) in [6, 6.07) is 9.16. The summed E-state index contributed by atoms with van der Waals surface area (Å²) in [5.41, 5.74) is 2.30. The molecule has 1 fully saturated rings. The average molecular weight is 288 g/mol. The first-order chi connectivity index (χ1) is 10.3. The SMILES string of the molecule is COc1n[nH]c(-c2ccc([C@@H](C)N3CCOCC3)cc2)n1. The molecule has 0 radical (unpaired) electrons. The summed E-state index contributed by atoms with van der Waals surface area (Å²) in [6.07, 6.45) is 0. The van der Waals surface area contributed by atoms with Crippen molar-refractivity contribution in [1.82, 2.24) is 20.1 Å². The number of aromatic amines is 1. The normalized spacial score (nSPS) is 17.6. The van der Waals surface area contributed by atoms with Gasteiger partial charge < -0.3 is 9.47 Å². The number of nitrogens with one attached hydrogen (secondary N) is 1. The number of hydrogen-bond donors (Lipinski definition) is 1. The highest BCUT2D eigenvalue weighted by Crippen LogP contribution is 2.24. The van der Waals surface area contributed by atoms with Crippen LogP contribution in [0.5, 0.6) is 6.01 Å². The maximum absolute atomic E-state index is 5.40. The maximum atomic E-state index is 5.40. The van der Waals surface area contributed by atoms with E-state index in [1.54, 1.807) is 7.11 Å². The Labute approximate surface area is 124 Å². The molecule has 1 aliphatic rings. The molecule has 6 nitrogen and oxygen atoms in total. The lowest BCUT2D eigenvalue weighted by atomic mass is 10.0. The monoisotopic (exact) mass is 288 g/mol. The molecule has 2 heterocycles. The van der Waals surface area contributed by atoms with Crippen LogP contribution in [0.25, 0.3) is 11.4 Å². The highest BCUT2D eigenvalue weighted by atomic mass is 16.5. The van der Waals surface area contributed by atoms with Gasteiger partial charge in [-0.05, 0) is 12.5 Å². The Morgan fingerprint density at radius 3 is 2.57 bits per heavy atom. The number of ether oxygens (including phenoxy) is 2. The molecular weight excluding hydrogens is 268 g/mol. The van der Waals surface area contributed by atoms with Crippen LogP contribution in [0.3, 0.4) is 0 Å². The first-order valence-electron chi connectivity index (χ1n) is 7.16. The number of rotatable bonds is 4. The molecule has 1 aromatic heterocycles. The molecule has 21 heavy (non-hydrogen) atoms. The van der Waals surface area contributed by atoms with Gasteiger partial charge in [0.05, 0.1) is 20.3 Å². The minimum atomic E-state index is 0.357. The lowest BCUT2D eigenvalue weighted by molar-refractivity contribution is 0.0198. The van der Waals surface area contributed by atoms with Crippen LogP contribution in [0.15, 0.2) is 24.3 Å². The van der Waals surface area contributed by atoms with Gasteiger partial charge in [-0.15, -0.1) is 5.10 Å². The van der Waals surface area contributed by atoms with Crippen molar-refractivity contribution in [3.8, 4) is 17.4 Å². The van der Waals surface area contributed by atoms with E-state index in [-0.39, 0.29) is 0 Å². The molecule has 1 N–H and O–H groups in total. The van der Waals surface area contributed by atoms with Gasteiger partial charge >= 0.3 is 6.01 Å². The zero-order valence-corrected chi connectivity index (χ0v) is 12.4. The van der Waals surface area contributed by atoms with E-state index in [2.05, 4.69) is 51.3 Å². The fourth-order valence-electron chi connectivity index (χ4n) is 2.56. The third-order valence-corrected chi connectivity index (χ3v) is 3.91. The van der Waals surface area contributed by atoms with Crippen LogP contribution in [0.4, 0.5) is 0 Å². The van der Waals surface area contributed by atoms with Gasteiger partial charge in [0.15, 0.2) is 5.82 Å². The third-order valence-electron chi connectivity index (χ3n) is 3.91. The number of nitrogens with zero attached hydrogens (tertiary/aromatic N) is 3. The van der Waals surface area contributed by atoms with Crippen molar-refractivity contribution in [2.75, 3.05) is 33.4 Å². The first kappa shape index (κ1) is 14.0.